The fourth-order valence-corrected chi connectivity index (χ4v) is 2.90. The Kier molecular flexibility index (Phi) is 4.05. The molecule has 2 aliphatic rings. The number of nitrogens with zero attached hydrogens (tertiary/aromatic N) is 4. The Morgan fingerprint density at radius 1 is 1.24 bits per heavy atom. The van der Waals surface area contributed by atoms with Gasteiger partial charge in [0.15, 0.2) is 5.82 Å². The minimum absolute atomic E-state index is 0.0755. The van der Waals surface area contributed by atoms with Crippen molar-refractivity contribution in [2.75, 3.05) is 44.3 Å². The van der Waals surface area contributed by atoms with E-state index in [1.165, 1.54) is 0 Å². The lowest BCUT2D eigenvalue weighted by Crippen LogP contribution is -2.44. The van der Waals surface area contributed by atoms with Crippen molar-refractivity contribution in [2.45, 2.75) is 20.3 Å². The van der Waals surface area contributed by atoms with Crippen molar-refractivity contribution in [3.05, 3.63) is 17.3 Å². The molecule has 6 nitrogen and oxygen atoms in total. The minimum atomic E-state index is 0.0755. The molecule has 1 aromatic heterocycles. The van der Waals surface area contributed by atoms with Crippen LogP contribution in [0, 0.1) is 19.8 Å². The maximum Gasteiger partial charge on any atom is 0.227 e. The van der Waals surface area contributed by atoms with Gasteiger partial charge in [-0.25, -0.2) is 0 Å². The molecular formula is C15H22N4O2. The molecule has 2 saturated heterocycles. The monoisotopic (exact) mass is 290 g/mol. The van der Waals surface area contributed by atoms with E-state index in [-0.39, 0.29) is 11.8 Å². The molecule has 0 spiro atoms. The third kappa shape index (κ3) is 3.00. The summed E-state index contributed by atoms with van der Waals surface area (Å²) in [6, 6.07) is 2.06. The van der Waals surface area contributed by atoms with Crippen LogP contribution in [0.3, 0.4) is 0 Å². The van der Waals surface area contributed by atoms with Crippen LogP contribution in [0.5, 0.6) is 0 Å². The lowest BCUT2D eigenvalue weighted by atomic mass is 10.1. The van der Waals surface area contributed by atoms with E-state index >= 15 is 0 Å². The summed E-state index contributed by atoms with van der Waals surface area (Å²) in [4.78, 5) is 16.6. The van der Waals surface area contributed by atoms with Gasteiger partial charge in [0.25, 0.3) is 0 Å². The number of anilines is 1. The van der Waals surface area contributed by atoms with E-state index < -0.39 is 0 Å². The predicted octanol–water partition coefficient (Wildman–Crippen LogP) is 0.779. The molecule has 1 unspecified atom stereocenters. The number of amides is 1. The fraction of sp³-hybridized carbons (Fsp3) is 0.667. The molecule has 21 heavy (non-hydrogen) atoms. The number of hydrogen-bond acceptors (Lipinski definition) is 5. The van der Waals surface area contributed by atoms with Gasteiger partial charge >= 0.3 is 0 Å². The summed E-state index contributed by atoms with van der Waals surface area (Å²) in [7, 11) is 0. The Balaban J connectivity index is 1.64. The SMILES string of the molecule is Cc1cc(N2CCC(C(=O)N3CCOCC3)C2)nnc1C. The van der Waals surface area contributed by atoms with Crippen LogP contribution in [-0.2, 0) is 9.53 Å². The van der Waals surface area contributed by atoms with E-state index in [0.29, 0.717) is 13.2 Å². The van der Waals surface area contributed by atoms with E-state index in [1.807, 2.05) is 18.7 Å². The Bertz CT molecular complexity index is 528. The molecule has 1 atom stereocenters. The van der Waals surface area contributed by atoms with Gasteiger partial charge in [-0.15, -0.1) is 5.10 Å². The van der Waals surface area contributed by atoms with Gasteiger partial charge in [-0.05, 0) is 31.9 Å². The number of carbonyl (C=O) groups is 1. The van der Waals surface area contributed by atoms with Crippen molar-refractivity contribution in [1.29, 1.82) is 0 Å². The minimum Gasteiger partial charge on any atom is -0.378 e. The molecule has 6 heteroatoms. The van der Waals surface area contributed by atoms with E-state index in [9.17, 15) is 4.79 Å². The van der Waals surface area contributed by atoms with E-state index in [1.54, 1.807) is 0 Å². The third-order valence-corrected chi connectivity index (χ3v) is 4.40. The molecule has 0 bridgehead atoms. The molecular weight excluding hydrogens is 268 g/mol. The van der Waals surface area contributed by atoms with E-state index in [0.717, 1.165) is 49.7 Å². The highest BCUT2D eigenvalue weighted by molar-refractivity contribution is 5.80. The topological polar surface area (TPSA) is 58.6 Å². The van der Waals surface area contributed by atoms with Crippen LogP contribution in [0.2, 0.25) is 0 Å². The first-order chi connectivity index (χ1) is 10.1. The second-order valence-electron chi connectivity index (χ2n) is 5.84. The van der Waals surface area contributed by atoms with Crippen LogP contribution in [0.15, 0.2) is 6.07 Å². The predicted molar refractivity (Wildman–Crippen MR) is 79.2 cm³/mol. The lowest BCUT2D eigenvalue weighted by Gasteiger charge is -2.29. The molecule has 0 aliphatic carbocycles. The van der Waals surface area contributed by atoms with E-state index in [4.69, 9.17) is 4.74 Å². The Labute approximate surface area is 125 Å². The average Bonchev–Trinajstić information content (AvgIpc) is 3.00. The maximum absolute atomic E-state index is 12.5. The number of ether oxygens (including phenoxy) is 1. The van der Waals surface area contributed by atoms with Gasteiger partial charge < -0.3 is 14.5 Å². The van der Waals surface area contributed by atoms with Crippen molar-refractivity contribution in [3.8, 4) is 0 Å². The molecule has 1 aromatic rings. The largest absolute Gasteiger partial charge is 0.378 e. The summed E-state index contributed by atoms with van der Waals surface area (Å²) in [6.45, 7) is 8.37. The van der Waals surface area contributed by atoms with Crippen molar-refractivity contribution in [1.82, 2.24) is 15.1 Å². The van der Waals surface area contributed by atoms with Gasteiger partial charge in [0, 0.05) is 26.2 Å². The van der Waals surface area contributed by atoms with Gasteiger partial charge in [-0.1, -0.05) is 0 Å². The molecule has 0 N–H and O–H groups in total. The van der Waals surface area contributed by atoms with Crippen molar-refractivity contribution < 1.29 is 9.53 Å². The quantitative estimate of drug-likeness (QED) is 0.805. The normalized spacial score (nSPS) is 22.7. The zero-order chi connectivity index (χ0) is 14.8. The van der Waals surface area contributed by atoms with Gasteiger partial charge in [0.05, 0.1) is 24.8 Å². The van der Waals surface area contributed by atoms with E-state index in [2.05, 4.69) is 21.2 Å². The molecule has 3 heterocycles. The Hall–Kier alpha value is -1.69. The molecule has 0 aromatic carbocycles. The van der Waals surface area contributed by atoms with Gasteiger partial charge in [0.2, 0.25) is 5.91 Å². The average molecular weight is 290 g/mol. The first kappa shape index (κ1) is 14.3. The zero-order valence-electron chi connectivity index (χ0n) is 12.7. The van der Waals surface area contributed by atoms with Gasteiger partial charge in [-0.3, -0.25) is 4.79 Å². The second kappa shape index (κ2) is 5.97. The highest BCUT2D eigenvalue weighted by atomic mass is 16.5. The van der Waals surface area contributed by atoms with Crippen LogP contribution in [0.4, 0.5) is 5.82 Å². The smallest absolute Gasteiger partial charge is 0.227 e. The summed E-state index contributed by atoms with van der Waals surface area (Å²) in [5.74, 6) is 1.22. The molecule has 0 radical (unpaired) electrons. The van der Waals surface area contributed by atoms with Crippen molar-refractivity contribution in [3.63, 3.8) is 0 Å². The maximum atomic E-state index is 12.5. The highest BCUT2D eigenvalue weighted by Crippen LogP contribution is 2.24. The molecule has 0 saturated carbocycles. The van der Waals surface area contributed by atoms with Gasteiger partial charge in [-0.2, -0.15) is 5.10 Å². The highest BCUT2D eigenvalue weighted by Gasteiger charge is 2.32. The number of carbonyl (C=O) groups excluding carboxylic acids is 1. The van der Waals surface area contributed by atoms with Crippen LogP contribution in [0.1, 0.15) is 17.7 Å². The summed E-state index contributed by atoms with van der Waals surface area (Å²) >= 11 is 0. The lowest BCUT2D eigenvalue weighted by molar-refractivity contribution is -0.138. The third-order valence-electron chi connectivity index (χ3n) is 4.40. The number of aryl methyl sites for hydroxylation is 2. The molecule has 2 aliphatic heterocycles. The molecule has 114 valence electrons. The molecule has 1 amide bonds. The Morgan fingerprint density at radius 3 is 2.71 bits per heavy atom. The van der Waals surface area contributed by atoms with Crippen LogP contribution in [0.25, 0.3) is 0 Å². The van der Waals surface area contributed by atoms with Crippen LogP contribution in [-0.4, -0.2) is 60.4 Å². The number of morpholine rings is 1. The Morgan fingerprint density at radius 2 is 2.00 bits per heavy atom. The standard InChI is InChI=1S/C15H22N4O2/c1-11-9-14(17-16-12(11)2)19-4-3-13(10-19)15(20)18-5-7-21-8-6-18/h9,13H,3-8,10H2,1-2H3. The number of hydrogen-bond donors (Lipinski definition) is 0. The van der Waals surface area contributed by atoms with Crippen LogP contribution >= 0.6 is 0 Å². The summed E-state index contributed by atoms with van der Waals surface area (Å²) in [5.41, 5.74) is 2.10. The molecule has 2 fully saturated rings. The van der Waals surface area contributed by atoms with Gasteiger partial charge in [0.1, 0.15) is 0 Å². The fourth-order valence-electron chi connectivity index (χ4n) is 2.90. The van der Waals surface area contributed by atoms with Crippen molar-refractivity contribution in [2.24, 2.45) is 5.92 Å². The number of aromatic nitrogens is 2. The first-order valence-electron chi connectivity index (χ1n) is 7.57. The zero-order valence-corrected chi connectivity index (χ0v) is 12.7. The first-order valence-corrected chi connectivity index (χ1v) is 7.57. The summed E-state index contributed by atoms with van der Waals surface area (Å²) < 4.78 is 5.30. The molecule has 3 rings (SSSR count). The summed E-state index contributed by atoms with van der Waals surface area (Å²) in [6.07, 6.45) is 0.894. The summed E-state index contributed by atoms with van der Waals surface area (Å²) in [5, 5.41) is 8.44. The number of rotatable bonds is 2. The van der Waals surface area contributed by atoms with Crippen LogP contribution < -0.4 is 4.90 Å². The van der Waals surface area contributed by atoms with Crippen molar-refractivity contribution >= 4 is 11.7 Å². The second-order valence-corrected chi connectivity index (χ2v) is 5.84.